The molecule has 2 aliphatic rings. The number of halogens is 5. The second-order valence-electron chi connectivity index (χ2n) is 9.52. The Bertz CT molecular complexity index is 1330. The standard InChI is InChI=1S/C28H24ClF4N3O/c29-25-16-20(9-12-34-25)26(37)36-18-27(23-17-21(28(31,32)33)5-8-24(23)36)10-14-35(15-11-27)13-1-2-19-3-6-22(30)7-4-19/h1-9,12,16-17H,10-11,13-15,18H2/b2-1+. The molecular weight excluding hydrogens is 506 g/mol. The summed E-state index contributed by atoms with van der Waals surface area (Å²) >= 11 is 5.98. The van der Waals surface area contributed by atoms with Crippen molar-refractivity contribution in [3.63, 3.8) is 0 Å². The second-order valence-corrected chi connectivity index (χ2v) is 9.91. The number of alkyl halides is 3. The molecule has 5 rings (SSSR count). The van der Waals surface area contributed by atoms with E-state index in [9.17, 15) is 22.4 Å². The molecule has 9 heteroatoms. The molecule has 1 fully saturated rings. The average Bonchev–Trinajstić information content (AvgIpc) is 3.19. The van der Waals surface area contributed by atoms with Gasteiger partial charge in [-0.1, -0.05) is 35.9 Å². The molecule has 0 atom stereocenters. The molecule has 0 N–H and O–H groups in total. The first-order chi connectivity index (χ1) is 17.6. The molecule has 2 aromatic carbocycles. The quantitative estimate of drug-likeness (QED) is 0.282. The zero-order valence-electron chi connectivity index (χ0n) is 19.8. The molecular formula is C28H24ClF4N3O. The van der Waals surface area contributed by atoms with Gasteiger partial charge in [0.05, 0.1) is 5.56 Å². The summed E-state index contributed by atoms with van der Waals surface area (Å²) in [4.78, 5) is 21.1. The van der Waals surface area contributed by atoms with Crippen molar-refractivity contribution >= 4 is 29.3 Å². The van der Waals surface area contributed by atoms with Gasteiger partial charge in [0.25, 0.3) is 5.91 Å². The monoisotopic (exact) mass is 529 g/mol. The first-order valence-corrected chi connectivity index (χ1v) is 12.3. The highest BCUT2D eigenvalue weighted by Gasteiger charge is 2.47. The third-order valence-electron chi connectivity index (χ3n) is 7.22. The number of benzene rings is 2. The molecule has 1 aromatic heterocycles. The molecule has 0 bridgehead atoms. The van der Waals surface area contributed by atoms with E-state index >= 15 is 0 Å². The van der Waals surface area contributed by atoms with E-state index in [1.807, 2.05) is 12.2 Å². The van der Waals surface area contributed by atoms with Gasteiger partial charge in [-0.15, -0.1) is 0 Å². The summed E-state index contributed by atoms with van der Waals surface area (Å²) in [7, 11) is 0. The highest BCUT2D eigenvalue weighted by atomic mass is 35.5. The fraction of sp³-hybridized carbons (Fsp3) is 0.286. The number of hydrogen-bond donors (Lipinski definition) is 0. The molecule has 192 valence electrons. The number of pyridine rings is 1. The van der Waals surface area contributed by atoms with Crippen LogP contribution in [0.2, 0.25) is 5.15 Å². The van der Waals surface area contributed by atoms with Crippen molar-refractivity contribution in [2.75, 3.05) is 31.1 Å². The predicted molar refractivity (Wildman–Crippen MR) is 135 cm³/mol. The van der Waals surface area contributed by atoms with E-state index in [-0.39, 0.29) is 16.9 Å². The van der Waals surface area contributed by atoms with Gasteiger partial charge in [0.15, 0.2) is 0 Å². The zero-order chi connectivity index (χ0) is 26.2. The second kappa shape index (κ2) is 9.91. The van der Waals surface area contributed by atoms with E-state index < -0.39 is 17.2 Å². The maximum Gasteiger partial charge on any atom is 0.416 e. The predicted octanol–water partition coefficient (Wildman–Crippen LogP) is 6.60. The maximum absolute atomic E-state index is 13.6. The zero-order valence-corrected chi connectivity index (χ0v) is 20.6. The van der Waals surface area contributed by atoms with E-state index in [1.54, 1.807) is 23.1 Å². The van der Waals surface area contributed by atoms with E-state index in [1.165, 1.54) is 36.5 Å². The Balaban J connectivity index is 1.37. The lowest BCUT2D eigenvalue weighted by Gasteiger charge is -2.39. The number of fused-ring (bicyclic) bond motifs is 2. The first-order valence-electron chi connectivity index (χ1n) is 11.9. The summed E-state index contributed by atoms with van der Waals surface area (Å²) in [5.41, 5.74) is 1.03. The molecule has 2 aliphatic heterocycles. The van der Waals surface area contributed by atoms with Gasteiger partial charge in [-0.2, -0.15) is 13.2 Å². The molecule has 0 aliphatic carbocycles. The highest BCUT2D eigenvalue weighted by Crippen LogP contribution is 2.49. The van der Waals surface area contributed by atoms with Crippen LogP contribution in [-0.2, 0) is 11.6 Å². The Morgan fingerprint density at radius 2 is 1.78 bits per heavy atom. The van der Waals surface area contributed by atoms with Crippen LogP contribution < -0.4 is 4.90 Å². The van der Waals surface area contributed by atoms with Gasteiger partial charge in [-0.25, -0.2) is 9.37 Å². The van der Waals surface area contributed by atoms with Crippen LogP contribution >= 0.6 is 11.6 Å². The fourth-order valence-corrected chi connectivity index (χ4v) is 5.39. The van der Waals surface area contributed by atoms with Gasteiger partial charge in [-0.3, -0.25) is 9.69 Å². The molecule has 0 radical (unpaired) electrons. The normalized spacial score (nSPS) is 17.5. The van der Waals surface area contributed by atoms with Crippen molar-refractivity contribution in [1.82, 2.24) is 9.88 Å². The van der Waals surface area contributed by atoms with E-state index in [0.29, 0.717) is 55.8 Å². The number of piperidine rings is 1. The van der Waals surface area contributed by atoms with Gasteiger partial charge in [0.2, 0.25) is 0 Å². The van der Waals surface area contributed by atoms with Crippen LogP contribution in [0.25, 0.3) is 6.08 Å². The Kier molecular flexibility index (Phi) is 6.81. The summed E-state index contributed by atoms with van der Waals surface area (Å²) in [6, 6.07) is 12.9. The van der Waals surface area contributed by atoms with Crippen molar-refractivity contribution in [3.8, 4) is 0 Å². The average molecular weight is 530 g/mol. The van der Waals surface area contributed by atoms with Crippen LogP contribution in [0.3, 0.4) is 0 Å². The molecule has 0 saturated carbocycles. The van der Waals surface area contributed by atoms with Crippen molar-refractivity contribution in [1.29, 1.82) is 0 Å². The minimum absolute atomic E-state index is 0.175. The minimum Gasteiger partial charge on any atom is -0.307 e. The summed E-state index contributed by atoms with van der Waals surface area (Å²) in [5.74, 6) is -0.601. The fourth-order valence-electron chi connectivity index (χ4n) is 5.22. The van der Waals surface area contributed by atoms with E-state index in [4.69, 9.17) is 11.6 Å². The number of likely N-dealkylation sites (tertiary alicyclic amines) is 1. The number of amides is 1. The summed E-state index contributed by atoms with van der Waals surface area (Å²) in [5, 5.41) is 0.175. The van der Waals surface area contributed by atoms with Crippen molar-refractivity contribution < 1.29 is 22.4 Å². The Hall–Kier alpha value is -3.23. The number of hydrogen-bond acceptors (Lipinski definition) is 3. The van der Waals surface area contributed by atoms with Gasteiger partial charge in [-0.05, 0) is 79.5 Å². The van der Waals surface area contributed by atoms with Crippen molar-refractivity contribution in [2.45, 2.75) is 24.4 Å². The van der Waals surface area contributed by atoms with E-state index in [2.05, 4.69) is 9.88 Å². The number of rotatable bonds is 4. The minimum atomic E-state index is -4.47. The van der Waals surface area contributed by atoms with Crippen molar-refractivity contribution in [2.24, 2.45) is 0 Å². The van der Waals surface area contributed by atoms with Gasteiger partial charge < -0.3 is 4.90 Å². The van der Waals surface area contributed by atoms with Gasteiger partial charge >= 0.3 is 6.18 Å². The Labute approximate surface area is 217 Å². The van der Waals surface area contributed by atoms with Crippen LogP contribution in [0, 0.1) is 5.82 Å². The van der Waals surface area contributed by atoms with Crippen LogP contribution in [0.15, 0.2) is 66.9 Å². The number of aromatic nitrogens is 1. The molecule has 3 heterocycles. The molecule has 0 unspecified atom stereocenters. The highest BCUT2D eigenvalue weighted by molar-refractivity contribution is 6.29. The summed E-state index contributed by atoms with van der Waals surface area (Å²) in [6.45, 7) is 2.32. The SMILES string of the molecule is O=C(c1ccnc(Cl)c1)N1CC2(CCN(C/C=C/c3ccc(F)cc3)CC2)c2cc(C(F)(F)F)ccc21. The third kappa shape index (κ3) is 5.26. The van der Waals surface area contributed by atoms with Crippen molar-refractivity contribution in [3.05, 3.63) is 100 Å². The lowest BCUT2D eigenvalue weighted by Crippen LogP contribution is -2.46. The maximum atomic E-state index is 13.6. The Morgan fingerprint density at radius 3 is 2.46 bits per heavy atom. The molecule has 4 nitrogen and oxygen atoms in total. The summed E-state index contributed by atoms with van der Waals surface area (Å²) in [6.07, 6.45) is 2.12. The largest absolute Gasteiger partial charge is 0.416 e. The first kappa shape index (κ1) is 25.4. The number of nitrogens with zero attached hydrogens (tertiary/aromatic N) is 3. The lowest BCUT2D eigenvalue weighted by molar-refractivity contribution is -0.137. The lowest BCUT2D eigenvalue weighted by atomic mass is 9.74. The third-order valence-corrected chi connectivity index (χ3v) is 7.43. The topological polar surface area (TPSA) is 36.4 Å². The van der Waals surface area contributed by atoms with Gasteiger partial charge in [0, 0.05) is 36.0 Å². The number of carbonyl (C=O) groups excluding carboxylic acids is 1. The molecule has 1 spiro atoms. The number of carbonyl (C=O) groups is 1. The molecule has 37 heavy (non-hydrogen) atoms. The summed E-state index contributed by atoms with van der Waals surface area (Å²) < 4.78 is 53.9. The Morgan fingerprint density at radius 1 is 1.05 bits per heavy atom. The smallest absolute Gasteiger partial charge is 0.307 e. The van der Waals surface area contributed by atoms with Gasteiger partial charge in [0.1, 0.15) is 11.0 Å². The number of anilines is 1. The molecule has 1 amide bonds. The van der Waals surface area contributed by atoms with E-state index in [0.717, 1.165) is 11.6 Å². The van der Waals surface area contributed by atoms with Crippen LogP contribution in [0.5, 0.6) is 0 Å². The van der Waals surface area contributed by atoms with Crippen LogP contribution in [0.4, 0.5) is 23.2 Å². The molecule has 1 saturated heterocycles. The van der Waals surface area contributed by atoms with Crippen LogP contribution in [0.1, 0.15) is 39.9 Å². The molecule has 3 aromatic rings. The van der Waals surface area contributed by atoms with Crippen LogP contribution in [-0.4, -0.2) is 42.0 Å².